The SMILES string of the molecule is C#CC(CC)n1c(=O)[nH][nH]c1=O. The highest BCUT2D eigenvalue weighted by atomic mass is 16.2. The molecular formula is C7H9N3O2. The number of nitrogens with zero attached hydrogens (tertiary/aromatic N) is 1. The zero-order chi connectivity index (χ0) is 9.14. The molecule has 0 aromatic carbocycles. The molecule has 0 saturated carbocycles. The number of hydrogen-bond acceptors (Lipinski definition) is 2. The summed E-state index contributed by atoms with van der Waals surface area (Å²) < 4.78 is 0.986. The Morgan fingerprint density at radius 3 is 2.33 bits per heavy atom. The van der Waals surface area contributed by atoms with E-state index in [4.69, 9.17) is 6.42 Å². The van der Waals surface area contributed by atoms with Gasteiger partial charge in [0, 0.05) is 0 Å². The molecule has 0 aliphatic heterocycles. The summed E-state index contributed by atoms with van der Waals surface area (Å²) in [6, 6.07) is -0.465. The van der Waals surface area contributed by atoms with E-state index in [1.54, 1.807) is 0 Å². The summed E-state index contributed by atoms with van der Waals surface area (Å²) >= 11 is 0. The van der Waals surface area contributed by atoms with E-state index in [0.717, 1.165) is 4.57 Å². The molecule has 2 N–H and O–H groups in total. The molecule has 0 radical (unpaired) electrons. The lowest BCUT2D eigenvalue weighted by Crippen LogP contribution is -2.29. The van der Waals surface area contributed by atoms with Gasteiger partial charge in [-0.05, 0) is 6.42 Å². The van der Waals surface area contributed by atoms with E-state index in [2.05, 4.69) is 16.1 Å². The van der Waals surface area contributed by atoms with Crippen LogP contribution in [-0.4, -0.2) is 14.8 Å². The summed E-state index contributed by atoms with van der Waals surface area (Å²) in [5.74, 6) is 2.36. The van der Waals surface area contributed by atoms with Gasteiger partial charge >= 0.3 is 11.4 Å². The highest BCUT2D eigenvalue weighted by Crippen LogP contribution is 2.01. The molecule has 1 aromatic heterocycles. The van der Waals surface area contributed by atoms with Crippen molar-refractivity contribution in [2.24, 2.45) is 0 Å². The largest absolute Gasteiger partial charge is 0.345 e. The topological polar surface area (TPSA) is 70.7 Å². The molecule has 0 aliphatic rings. The summed E-state index contributed by atoms with van der Waals surface area (Å²) in [7, 11) is 0. The fourth-order valence-electron chi connectivity index (χ4n) is 0.978. The van der Waals surface area contributed by atoms with Gasteiger partial charge in [-0.3, -0.25) is 0 Å². The molecule has 0 bridgehead atoms. The van der Waals surface area contributed by atoms with E-state index < -0.39 is 17.4 Å². The maximum atomic E-state index is 11.0. The lowest BCUT2D eigenvalue weighted by atomic mass is 10.2. The van der Waals surface area contributed by atoms with Gasteiger partial charge in [0.15, 0.2) is 0 Å². The third-order valence-electron chi connectivity index (χ3n) is 1.60. The molecule has 0 spiro atoms. The second-order valence-electron chi connectivity index (χ2n) is 2.32. The minimum Gasteiger partial charge on any atom is -0.247 e. The van der Waals surface area contributed by atoms with Crippen LogP contribution in [0, 0.1) is 12.3 Å². The van der Waals surface area contributed by atoms with Crippen LogP contribution in [-0.2, 0) is 0 Å². The van der Waals surface area contributed by atoms with Gasteiger partial charge in [-0.25, -0.2) is 24.4 Å². The Balaban J connectivity index is 3.27. The van der Waals surface area contributed by atoms with Crippen molar-refractivity contribution in [2.45, 2.75) is 19.4 Å². The van der Waals surface area contributed by atoms with E-state index in [1.165, 1.54) is 0 Å². The van der Waals surface area contributed by atoms with E-state index in [9.17, 15) is 9.59 Å². The van der Waals surface area contributed by atoms with Crippen LogP contribution < -0.4 is 11.4 Å². The molecule has 1 heterocycles. The third-order valence-corrected chi connectivity index (χ3v) is 1.60. The minimum atomic E-state index is -0.496. The van der Waals surface area contributed by atoms with E-state index >= 15 is 0 Å². The number of nitrogens with one attached hydrogen (secondary N) is 2. The zero-order valence-electron chi connectivity index (χ0n) is 6.63. The van der Waals surface area contributed by atoms with Gasteiger partial charge < -0.3 is 0 Å². The van der Waals surface area contributed by atoms with Crippen molar-refractivity contribution in [1.29, 1.82) is 0 Å². The van der Waals surface area contributed by atoms with Crippen LogP contribution in [0.25, 0.3) is 0 Å². The van der Waals surface area contributed by atoms with Crippen molar-refractivity contribution in [1.82, 2.24) is 14.8 Å². The first-order valence-corrected chi connectivity index (χ1v) is 3.56. The van der Waals surface area contributed by atoms with Crippen molar-refractivity contribution in [3.05, 3.63) is 21.0 Å². The number of hydrogen-bond donors (Lipinski definition) is 2. The van der Waals surface area contributed by atoms with Crippen molar-refractivity contribution < 1.29 is 0 Å². The van der Waals surface area contributed by atoms with Crippen LogP contribution in [0.5, 0.6) is 0 Å². The first-order valence-electron chi connectivity index (χ1n) is 3.56. The van der Waals surface area contributed by atoms with E-state index in [-0.39, 0.29) is 0 Å². The maximum absolute atomic E-state index is 11.0. The molecule has 0 fully saturated rings. The zero-order valence-corrected chi connectivity index (χ0v) is 6.63. The van der Waals surface area contributed by atoms with Crippen molar-refractivity contribution in [2.75, 3.05) is 0 Å². The predicted molar refractivity (Wildman–Crippen MR) is 43.8 cm³/mol. The Labute approximate surface area is 68.4 Å². The first-order chi connectivity index (χ1) is 5.70. The summed E-state index contributed by atoms with van der Waals surface area (Å²) in [5, 5.41) is 4.32. The number of aromatic amines is 2. The van der Waals surface area contributed by atoms with Gasteiger partial charge in [-0.1, -0.05) is 12.8 Å². The highest BCUT2D eigenvalue weighted by molar-refractivity contribution is 4.97. The Hall–Kier alpha value is -1.70. The van der Waals surface area contributed by atoms with Gasteiger partial charge in [-0.15, -0.1) is 6.42 Å². The highest BCUT2D eigenvalue weighted by Gasteiger charge is 2.10. The third kappa shape index (κ3) is 1.19. The van der Waals surface area contributed by atoms with Crippen molar-refractivity contribution in [3.8, 4) is 12.3 Å². The monoisotopic (exact) mass is 167 g/mol. The normalized spacial score (nSPS) is 12.3. The summed E-state index contributed by atoms with van der Waals surface area (Å²) in [6.45, 7) is 1.81. The van der Waals surface area contributed by atoms with E-state index in [0.29, 0.717) is 6.42 Å². The van der Waals surface area contributed by atoms with Crippen LogP contribution in [0.3, 0.4) is 0 Å². The number of aromatic nitrogens is 3. The predicted octanol–water partition coefficient (Wildman–Crippen LogP) is -0.551. The Kier molecular flexibility index (Phi) is 2.19. The smallest absolute Gasteiger partial charge is 0.247 e. The molecule has 0 aliphatic carbocycles. The van der Waals surface area contributed by atoms with Crippen LogP contribution in [0.4, 0.5) is 0 Å². The number of H-pyrrole nitrogens is 2. The standard InChI is InChI=1S/C7H9N3O2/c1-3-5(4-2)10-6(11)8-9-7(10)12/h1,5H,4H2,2H3,(H,8,11)(H,9,12). The van der Waals surface area contributed by atoms with Crippen LogP contribution >= 0.6 is 0 Å². The second kappa shape index (κ2) is 3.13. The van der Waals surface area contributed by atoms with Crippen molar-refractivity contribution >= 4 is 0 Å². The summed E-state index contributed by atoms with van der Waals surface area (Å²) in [5.41, 5.74) is -0.991. The van der Waals surface area contributed by atoms with Gasteiger partial charge in [-0.2, -0.15) is 0 Å². The quantitative estimate of drug-likeness (QED) is 0.580. The van der Waals surface area contributed by atoms with Crippen LogP contribution in [0.15, 0.2) is 9.59 Å². The Morgan fingerprint density at radius 1 is 1.50 bits per heavy atom. The number of rotatable bonds is 2. The number of terminal acetylenes is 1. The summed E-state index contributed by atoms with van der Waals surface area (Å²) in [4.78, 5) is 22.0. The second-order valence-corrected chi connectivity index (χ2v) is 2.32. The van der Waals surface area contributed by atoms with Crippen molar-refractivity contribution in [3.63, 3.8) is 0 Å². The van der Waals surface area contributed by atoms with E-state index in [1.807, 2.05) is 6.92 Å². The summed E-state index contributed by atoms with van der Waals surface area (Å²) in [6.07, 6.45) is 5.69. The fourth-order valence-corrected chi connectivity index (χ4v) is 0.978. The minimum absolute atomic E-state index is 0.465. The molecule has 1 unspecified atom stereocenters. The first kappa shape index (κ1) is 8.40. The van der Waals surface area contributed by atoms with Gasteiger partial charge in [0.25, 0.3) is 0 Å². The van der Waals surface area contributed by atoms with Crippen LogP contribution in [0.2, 0.25) is 0 Å². The average Bonchev–Trinajstić information content (AvgIpc) is 2.38. The fraction of sp³-hybridized carbons (Fsp3) is 0.429. The molecule has 64 valence electrons. The molecule has 1 rings (SSSR count). The lowest BCUT2D eigenvalue weighted by molar-refractivity contribution is 0.568. The van der Waals surface area contributed by atoms with Gasteiger partial charge in [0.05, 0.1) is 0 Å². The van der Waals surface area contributed by atoms with Gasteiger partial charge in [0.2, 0.25) is 0 Å². The van der Waals surface area contributed by atoms with Crippen LogP contribution in [0.1, 0.15) is 19.4 Å². The molecule has 5 nitrogen and oxygen atoms in total. The van der Waals surface area contributed by atoms with Gasteiger partial charge in [0.1, 0.15) is 6.04 Å². The molecular weight excluding hydrogens is 158 g/mol. The average molecular weight is 167 g/mol. The molecule has 5 heteroatoms. The lowest BCUT2D eigenvalue weighted by Gasteiger charge is -2.04. The molecule has 0 saturated heterocycles. The molecule has 1 atom stereocenters. The molecule has 1 aromatic rings. The maximum Gasteiger partial charge on any atom is 0.345 e. The molecule has 12 heavy (non-hydrogen) atoms. The Bertz CT molecular complexity index is 376. The Morgan fingerprint density at radius 2 is 2.00 bits per heavy atom. The molecule has 0 amide bonds.